The zero-order chi connectivity index (χ0) is 18.9. The lowest BCUT2D eigenvalue weighted by atomic mass is 9.96. The second-order valence-electron chi connectivity index (χ2n) is 7.49. The highest BCUT2D eigenvalue weighted by atomic mass is 127. The molecule has 1 aliphatic heterocycles. The molecule has 0 saturated heterocycles. The average Bonchev–Trinajstić information content (AvgIpc) is 3.12. The Morgan fingerprint density at radius 2 is 2.04 bits per heavy atom. The minimum atomic E-state index is 0. The number of ether oxygens (including phenoxy) is 2. The Bertz CT molecular complexity index is 845. The first kappa shape index (κ1) is 20.8. The Balaban J connectivity index is 0.00000225. The van der Waals surface area contributed by atoms with Crippen molar-refractivity contribution >= 4 is 29.9 Å². The van der Waals surface area contributed by atoms with Gasteiger partial charge >= 0.3 is 0 Å². The Morgan fingerprint density at radius 3 is 2.71 bits per heavy atom. The van der Waals surface area contributed by atoms with Crippen molar-refractivity contribution in [3.05, 3.63) is 47.8 Å². The van der Waals surface area contributed by atoms with Gasteiger partial charge in [-0.2, -0.15) is 0 Å². The summed E-state index contributed by atoms with van der Waals surface area (Å²) in [6, 6.07) is 10.5. The number of aromatic nitrogens is 1. The number of hydrogen-bond acceptors (Lipinski definition) is 3. The van der Waals surface area contributed by atoms with Crippen LogP contribution in [0.2, 0.25) is 0 Å². The standard InChI is InChI=1S/C21H28N4O2.HI/c1-4-22-20(25(3)13-17-6-5-11-24(17)2)23-14-21(9-10-21)16-7-8-18-19(12-16)27-15-26-18;/h5-8,11-12H,4,9-10,13-15H2,1-3H3,(H,22,23);1H. The molecule has 0 radical (unpaired) electrons. The first-order valence-corrected chi connectivity index (χ1v) is 9.61. The number of aliphatic imine (C=N–C) groups is 1. The van der Waals surface area contributed by atoms with Crippen LogP contribution in [0.25, 0.3) is 0 Å². The van der Waals surface area contributed by atoms with Crippen molar-refractivity contribution in [3.8, 4) is 11.5 Å². The maximum absolute atomic E-state index is 5.55. The summed E-state index contributed by atoms with van der Waals surface area (Å²) < 4.78 is 13.1. The summed E-state index contributed by atoms with van der Waals surface area (Å²) in [5.41, 5.74) is 2.70. The molecule has 1 saturated carbocycles. The lowest BCUT2D eigenvalue weighted by Gasteiger charge is -2.23. The number of hydrogen-bond donors (Lipinski definition) is 1. The molecule has 1 aliphatic carbocycles. The fourth-order valence-corrected chi connectivity index (χ4v) is 3.59. The van der Waals surface area contributed by atoms with Crippen LogP contribution >= 0.6 is 24.0 Å². The number of aryl methyl sites for hydroxylation is 1. The molecule has 1 fully saturated rings. The number of halogens is 1. The molecular formula is C21H29IN4O2. The normalized spacial score (nSPS) is 16.5. The van der Waals surface area contributed by atoms with E-state index in [0.29, 0.717) is 6.79 Å². The minimum absolute atomic E-state index is 0. The number of benzene rings is 1. The molecule has 2 heterocycles. The zero-order valence-corrected chi connectivity index (χ0v) is 19.1. The van der Waals surface area contributed by atoms with Crippen molar-refractivity contribution in [1.82, 2.24) is 14.8 Å². The lowest BCUT2D eigenvalue weighted by Crippen LogP contribution is -2.39. The van der Waals surface area contributed by atoms with Crippen LogP contribution in [0, 0.1) is 0 Å². The number of nitrogens with zero attached hydrogens (tertiary/aromatic N) is 3. The van der Waals surface area contributed by atoms with E-state index < -0.39 is 0 Å². The summed E-state index contributed by atoms with van der Waals surface area (Å²) in [4.78, 5) is 7.17. The van der Waals surface area contributed by atoms with Gasteiger partial charge in [0.25, 0.3) is 0 Å². The zero-order valence-electron chi connectivity index (χ0n) is 16.8. The van der Waals surface area contributed by atoms with Crippen molar-refractivity contribution < 1.29 is 9.47 Å². The first-order valence-electron chi connectivity index (χ1n) is 9.61. The second-order valence-corrected chi connectivity index (χ2v) is 7.49. The lowest BCUT2D eigenvalue weighted by molar-refractivity contribution is 0.174. The van der Waals surface area contributed by atoms with E-state index in [0.717, 1.165) is 49.9 Å². The number of rotatable bonds is 6. The van der Waals surface area contributed by atoms with Crippen molar-refractivity contribution in [2.45, 2.75) is 31.7 Å². The quantitative estimate of drug-likeness (QED) is 0.378. The van der Waals surface area contributed by atoms with Gasteiger partial charge in [0.05, 0.1) is 13.1 Å². The Labute approximate surface area is 183 Å². The van der Waals surface area contributed by atoms with E-state index in [-0.39, 0.29) is 29.4 Å². The van der Waals surface area contributed by atoms with Crippen molar-refractivity contribution in [2.75, 3.05) is 26.9 Å². The van der Waals surface area contributed by atoms with Crippen LogP contribution in [0.15, 0.2) is 41.5 Å². The molecule has 1 aromatic heterocycles. The molecule has 28 heavy (non-hydrogen) atoms. The molecule has 0 atom stereocenters. The molecule has 2 aliphatic rings. The summed E-state index contributed by atoms with van der Waals surface area (Å²) in [5, 5.41) is 3.43. The van der Waals surface area contributed by atoms with E-state index in [4.69, 9.17) is 14.5 Å². The summed E-state index contributed by atoms with van der Waals surface area (Å²) >= 11 is 0. The van der Waals surface area contributed by atoms with Gasteiger partial charge in [0, 0.05) is 37.9 Å². The predicted octanol–water partition coefficient (Wildman–Crippen LogP) is 3.50. The molecule has 6 nitrogen and oxygen atoms in total. The van der Waals surface area contributed by atoms with Crippen LogP contribution in [-0.4, -0.2) is 42.4 Å². The van der Waals surface area contributed by atoms with Crippen LogP contribution in [0.1, 0.15) is 31.0 Å². The first-order chi connectivity index (χ1) is 13.1. The second kappa shape index (κ2) is 8.63. The van der Waals surface area contributed by atoms with Crippen LogP contribution in [0.3, 0.4) is 0 Å². The van der Waals surface area contributed by atoms with Gasteiger partial charge in [-0.05, 0) is 49.6 Å². The summed E-state index contributed by atoms with van der Waals surface area (Å²) in [6.45, 7) is 4.89. The fraction of sp³-hybridized carbons (Fsp3) is 0.476. The third-order valence-electron chi connectivity index (χ3n) is 5.52. The Kier molecular flexibility index (Phi) is 6.42. The maximum atomic E-state index is 5.55. The summed E-state index contributed by atoms with van der Waals surface area (Å²) in [7, 11) is 4.17. The monoisotopic (exact) mass is 496 g/mol. The Hall–Kier alpha value is -1.90. The molecule has 1 N–H and O–H groups in total. The van der Waals surface area contributed by atoms with Gasteiger partial charge in [0.1, 0.15) is 0 Å². The largest absolute Gasteiger partial charge is 0.454 e. The smallest absolute Gasteiger partial charge is 0.231 e. The van der Waals surface area contributed by atoms with E-state index in [1.165, 1.54) is 11.3 Å². The van der Waals surface area contributed by atoms with E-state index in [2.05, 4.69) is 66.3 Å². The van der Waals surface area contributed by atoms with Crippen LogP contribution in [0.4, 0.5) is 0 Å². The molecule has 0 unspecified atom stereocenters. The van der Waals surface area contributed by atoms with E-state index in [1.54, 1.807) is 0 Å². The Morgan fingerprint density at radius 1 is 1.25 bits per heavy atom. The average molecular weight is 496 g/mol. The minimum Gasteiger partial charge on any atom is -0.454 e. The van der Waals surface area contributed by atoms with Crippen LogP contribution < -0.4 is 14.8 Å². The van der Waals surface area contributed by atoms with E-state index in [9.17, 15) is 0 Å². The number of guanidine groups is 1. The molecule has 2 aromatic rings. The molecular weight excluding hydrogens is 467 g/mol. The summed E-state index contributed by atoms with van der Waals surface area (Å²) in [6.07, 6.45) is 4.40. The van der Waals surface area contributed by atoms with Crippen molar-refractivity contribution in [2.24, 2.45) is 12.0 Å². The number of fused-ring (bicyclic) bond motifs is 1. The highest BCUT2D eigenvalue weighted by Crippen LogP contribution is 2.50. The molecule has 0 amide bonds. The van der Waals surface area contributed by atoms with Crippen molar-refractivity contribution in [1.29, 1.82) is 0 Å². The van der Waals surface area contributed by atoms with Gasteiger partial charge in [0.15, 0.2) is 17.5 Å². The molecule has 0 spiro atoms. The van der Waals surface area contributed by atoms with Gasteiger partial charge in [0.2, 0.25) is 6.79 Å². The van der Waals surface area contributed by atoms with E-state index in [1.807, 2.05) is 6.07 Å². The maximum Gasteiger partial charge on any atom is 0.231 e. The van der Waals surface area contributed by atoms with Crippen molar-refractivity contribution in [3.63, 3.8) is 0 Å². The van der Waals surface area contributed by atoms with E-state index >= 15 is 0 Å². The summed E-state index contributed by atoms with van der Waals surface area (Å²) in [5.74, 6) is 2.65. The topological polar surface area (TPSA) is 51.0 Å². The van der Waals surface area contributed by atoms with Gasteiger partial charge in [-0.1, -0.05) is 6.07 Å². The highest BCUT2D eigenvalue weighted by molar-refractivity contribution is 14.0. The molecule has 0 bridgehead atoms. The number of nitrogens with one attached hydrogen (secondary N) is 1. The van der Waals surface area contributed by atoms with Gasteiger partial charge < -0.3 is 24.3 Å². The molecule has 152 valence electrons. The highest BCUT2D eigenvalue weighted by Gasteiger charge is 2.44. The molecule has 4 rings (SSSR count). The van der Waals surface area contributed by atoms with Crippen LogP contribution in [0.5, 0.6) is 11.5 Å². The molecule has 7 heteroatoms. The van der Waals surface area contributed by atoms with Crippen LogP contribution in [-0.2, 0) is 19.0 Å². The third kappa shape index (κ3) is 4.24. The fourth-order valence-electron chi connectivity index (χ4n) is 3.59. The third-order valence-corrected chi connectivity index (χ3v) is 5.52. The predicted molar refractivity (Wildman–Crippen MR) is 122 cm³/mol. The van der Waals surface area contributed by atoms with Gasteiger partial charge in [-0.3, -0.25) is 4.99 Å². The molecule has 1 aromatic carbocycles. The van der Waals surface area contributed by atoms with Gasteiger partial charge in [-0.15, -0.1) is 24.0 Å². The van der Waals surface area contributed by atoms with Gasteiger partial charge in [-0.25, -0.2) is 0 Å². The SMILES string of the molecule is CCNC(=NCC1(c2ccc3c(c2)OCO3)CC1)N(C)Cc1cccn1C.I.